The number of aliphatic hydroxyl groups excluding tert-OH is 1. The second kappa shape index (κ2) is 4.46. The van der Waals surface area contributed by atoms with Crippen LogP contribution in [-0.4, -0.2) is 33.5 Å². The lowest BCUT2D eigenvalue weighted by Crippen LogP contribution is -2.36. The zero-order valence-corrected chi connectivity index (χ0v) is 10.6. The number of H-pyrrole nitrogens is 1. The van der Waals surface area contributed by atoms with E-state index in [1.54, 1.807) is 11.1 Å². The topological polar surface area (TPSA) is 56.3 Å². The Labute approximate surface area is 111 Å². The van der Waals surface area contributed by atoms with Crippen molar-refractivity contribution < 1.29 is 9.90 Å². The van der Waals surface area contributed by atoms with E-state index < -0.39 is 0 Å². The molecule has 2 N–H and O–H groups in total. The van der Waals surface area contributed by atoms with Crippen LogP contribution in [0.5, 0.6) is 0 Å². The van der Waals surface area contributed by atoms with Crippen LogP contribution < -0.4 is 0 Å². The molecule has 0 spiro atoms. The molecule has 1 aliphatic heterocycles. The number of carbonyl (C=O) groups is 1. The van der Waals surface area contributed by atoms with Crippen molar-refractivity contribution in [3.8, 4) is 0 Å². The van der Waals surface area contributed by atoms with Gasteiger partial charge in [0.1, 0.15) is 5.76 Å². The first kappa shape index (κ1) is 11.8. The van der Waals surface area contributed by atoms with Crippen LogP contribution in [0.25, 0.3) is 10.9 Å². The van der Waals surface area contributed by atoms with Crippen LogP contribution in [0.15, 0.2) is 42.8 Å². The molecule has 2 aromatic rings. The van der Waals surface area contributed by atoms with Gasteiger partial charge in [-0.2, -0.15) is 0 Å². The fourth-order valence-electron chi connectivity index (χ4n) is 2.76. The summed E-state index contributed by atoms with van der Waals surface area (Å²) in [4.78, 5) is 17.4. The number of fused-ring (bicyclic) bond motifs is 1. The highest BCUT2D eigenvalue weighted by atomic mass is 16.3. The van der Waals surface area contributed by atoms with Crippen molar-refractivity contribution in [2.24, 2.45) is 0 Å². The third-order valence-electron chi connectivity index (χ3n) is 3.72. The molecule has 4 heteroatoms. The number of hydrogen-bond donors (Lipinski definition) is 2. The lowest BCUT2D eigenvalue weighted by Gasteiger charge is -2.23. The maximum atomic E-state index is 12.6. The SMILES string of the molecule is C=C(O)C1CCCN1C(=O)c1c[nH]c2ccccc12. The number of carbonyl (C=O) groups excluding carboxylic acids is 1. The van der Waals surface area contributed by atoms with Crippen LogP contribution in [0, 0.1) is 0 Å². The Morgan fingerprint density at radius 1 is 1.42 bits per heavy atom. The number of nitrogens with one attached hydrogen (secondary N) is 1. The smallest absolute Gasteiger partial charge is 0.256 e. The van der Waals surface area contributed by atoms with Crippen molar-refractivity contribution in [1.82, 2.24) is 9.88 Å². The predicted molar refractivity (Wildman–Crippen MR) is 74.1 cm³/mol. The molecule has 1 unspecified atom stereocenters. The highest BCUT2D eigenvalue weighted by Gasteiger charge is 2.32. The molecule has 1 saturated heterocycles. The molecule has 3 rings (SSSR count). The molecule has 1 fully saturated rings. The van der Waals surface area contributed by atoms with Gasteiger partial charge in [-0.15, -0.1) is 0 Å². The molecule has 0 saturated carbocycles. The zero-order chi connectivity index (χ0) is 13.4. The minimum atomic E-state index is -0.249. The van der Waals surface area contributed by atoms with Gasteiger partial charge in [0, 0.05) is 23.6 Å². The van der Waals surface area contributed by atoms with Crippen molar-refractivity contribution in [3.63, 3.8) is 0 Å². The largest absolute Gasteiger partial charge is 0.511 e. The van der Waals surface area contributed by atoms with Gasteiger partial charge in [-0.3, -0.25) is 4.79 Å². The van der Waals surface area contributed by atoms with Crippen LogP contribution in [0.4, 0.5) is 0 Å². The summed E-state index contributed by atoms with van der Waals surface area (Å²) in [5.41, 5.74) is 1.60. The standard InChI is InChI=1S/C15H16N2O2/c1-10(18)14-7-4-8-17(14)15(19)12-9-16-13-6-3-2-5-11(12)13/h2-3,5-6,9,14,16,18H,1,4,7-8H2. The van der Waals surface area contributed by atoms with Gasteiger partial charge in [-0.1, -0.05) is 24.8 Å². The van der Waals surface area contributed by atoms with E-state index in [2.05, 4.69) is 11.6 Å². The number of amides is 1. The number of aliphatic hydroxyl groups is 1. The Balaban J connectivity index is 1.98. The molecule has 4 nitrogen and oxygen atoms in total. The van der Waals surface area contributed by atoms with Crippen molar-refractivity contribution in [1.29, 1.82) is 0 Å². The van der Waals surface area contributed by atoms with Gasteiger partial charge in [-0.25, -0.2) is 0 Å². The average Bonchev–Trinajstić information content (AvgIpc) is 3.05. The van der Waals surface area contributed by atoms with Crippen LogP contribution in [0.1, 0.15) is 23.2 Å². The molecule has 0 bridgehead atoms. The third-order valence-corrected chi connectivity index (χ3v) is 3.72. The first-order valence-electron chi connectivity index (χ1n) is 6.43. The zero-order valence-electron chi connectivity index (χ0n) is 10.6. The van der Waals surface area contributed by atoms with Crippen molar-refractivity contribution in [3.05, 3.63) is 48.4 Å². The normalized spacial score (nSPS) is 18.9. The molecular weight excluding hydrogens is 240 g/mol. The summed E-state index contributed by atoms with van der Waals surface area (Å²) in [6.07, 6.45) is 3.42. The number of rotatable bonds is 2. The van der Waals surface area contributed by atoms with E-state index in [-0.39, 0.29) is 17.7 Å². The maximum absolute atomic E-state index is 12.6. The Kier molecular flexibility index (Phi) is 2.78. The van der Waals surface area contributed by atoms with Crippen molar-refractivity contribution in [2.45, 2.75) is 18.9 Å². The van der Waals surface area contributed by atoms with E-state index in [0.717, 1.165) is 23.7 Å². The number of nitrogens with zero attached hydrogens (tertiary/aromatic N) is 1. The van der Waals surface area contributed by atoms with E-state index in [1.807, 2.05) is 24.3 Å². The van der Waals surface area contributed by atoms with Gasteiger partial charge in [0.25, 0.3) is 5.91 Å². The molecule has 1 aromatic carbocycles. The fourth-order valence-corrected chi connectivity index (χ4v) is 2.76. The van der Waals surface area contributed by atoms with E-state index >= 15 is 0 Å². The molecule has 1 aliphatic rings. The first-order valence-corrected chi connectivity index (χ1v) is 6.43. The molecule has 19 heavy (non-hydrogen) atoms. The molecular formula is C15H16N2O2. The third kappa shape index (κ3) is 1.89. The summed E-state index contributed by atoms with van der Waals surface area (Å²) in [6, 6.07) is 7.47. The molecule has 0 radical (unpaired) electrons. The first-order chi connectivity index (χ1) is 9.18. The van der Waals surface area contributed by atoms with Crippen LogP contribution in [0.3, 0.4) is 0 Å². The summed E-state index contributed by atoms with van der Waals surface area (Å²) in [5.74, 6) is 0.0286. The van der Waals surface area contributed by atoms with E-state index in [1.165, 1.54) is 0 Å². The number of para-hydroxylation sites is 1. The molecule has 0 aliphatic carbocycles. The fraction of sp³-hybridized carbons (Fsp3) is 0.267. The Morgan fingerprint density at radius 3 is 3.00 bits per heavy atom. The van der Waals surface area contributed by atoms with Gasteiger partial charge in [0.2, 0.25) is 0 Å². The highest BCUT2D eigenvalue weighted by Crippen LogP contribution is 2.26. The van der Waals surface area contributed by atoms with Crippen molar-refractivity contribution >= 4 is 16.8 Å². The number of aromatic nitrogens is 1. The lowest BCUT2D eigenvalue weighted by atomic mass is 10.1. The summed E-state index contributed by atoms with van der Waals surface area (Å²) in [5, 5.41) is 10.5. The van der Waals surface area contributed by atoms with Gasteiger partial charge < -0.3 is 15.0 Å². The molecule has 2 heterocycles. The summed E-state index contributed by atoms with van der Waals surface area (Å²) in [6.45, 7) is 4.24. The van der Waals surface area contributed by atoms with E-state index in [9.17, 15) is 9.90 Å². The van der Waals surface area contributed by atoms with Gasteiger partial charge in [0.05, 0.1) is 11.6 Å². The minimum Gasteiger partial charge on any atom is -0.511 e. The molecule has 98 valence electrons. The summed E-state index contributed by atoms with van der Waals surface area (Å²) in [7, 11) is 0. The molecule has 1 aromatic heterocycles. The van der Waals surface area contributed by atoms with E-state index in [4.69, 9.17) is 0 Å². The quantitative estimate of drug-likeness (QED) is 0.812. The number of likely N-dealkylation sites (tertiary alicyclic amines) is 1. The van der Waals surface area contributed by atoms with Crippen molar-refractivity contribution in [2.75, 3.05) is 6.54 Å². The predicted octanol–water partition coefficient (Wildman–Crippen LogP) is 2.84. The van der Waals surface area contributed by atoms with Gasteiger partial charge in [-0.05, 0) is 18.9 Å². The Morgan fingerprint density at radius 2 is 2.21 bits per heavy atom. The molecule has 1 amide bonds. The molecule has 1 atom stereocenters. The second-order valence-corrected chi connectivity index (χ2v) is 4.90. The number of aromatic amines is 1. The summed E-state index contributed by atoms with van der Waals surface area (Å²) >= 11 is 0. The Bertz CT molecular complexity index is 644. The summed E-state index contributed by atoms with van der Waals surface area (Å²) < 4.78 is 0. The monoisotopic (exact) mass is 256 g/mol. The maximum Gasteiger partial charge on any atom is 0.256 e. The minimum absolute atomic E-state index is 0.0462. The van der Waals surface area contributed by atoms with E-state index in [0.29, 0.717) is 12.1 Å². The number of benzene rings is 1. The number of hydrogen-bond acceptors (Lipinski definition) is 2. The Hall–Kier alpha value is -2.23. The average molecular weight is 256 g/mol. The van der Waals surface area contributed by atoms with Crippen LogP contribution in [0.2, 0.25) is 0 Å². The van der Waals surface area contributed by atoms with Crippen LogP contribution in [-0.2, 0) is 0 Å². The second-order valence-electron chi connectivity index (χ2n) is 4.90. The van der Waals surface area contributed by atoms with Gasteiger partial charge >= 0.3 is 0 Å². The van der Waals surface area contributed by atoms with Gasteiger partial charge in [0.15, 0.2) is 0 Å². The van der Waals surface area contributed by atoms with Crippen LogP contribution >= 0.6 is 0 Å². The highest BCUT2D eigenvalue weighted by molar-refractivity contribution is 6.06. The lowest BCUT2D eigenvalue weighted by molar-refractivity contribution is 0.0732.